The van der Waals surface area contributed by atoms with Crippen LogP contribution in [0, 0.1) is 0 Å². The SMILES string of the molecule is CCC1(CC)CN(C(=O)c2ccn(C)c(=O)c2)CCS1=O. The summed E-state index contributed by atoms with van der Waals surface area (Å²) in [4.78, 5) is 26.0. The standard InChI is InChI=1S/C15H22N2O3S/c1-4-15(5-2)11-17(8-9-21(15)20)14(19)12-6-7-16(3)13(18)10-12/h6-7,10H,4-5,8-9,11H2,1-3H3. The Bertz CT molecular complexity index is 620. The highest BCUT2D eigenvalue weighted by Crippen LogP contribution is 2.29. The van der Waals surface area contributed by atoms with Gasteiger partial charge in [-0.1, -0.05) is 13.8 Å². The molecule has 0 aromatic carbocycles. The minimum absolute atomic E-state index is 0.143. The average Bonchev–Trinajstić information content (AvgIpc) is 2.50. The van der Waals surface area contributed by atoms with E-state index < -0.39 is 10.8 Å². The number of hydrogen-bond acceptors (Lipinski definition) is 3. The van der Waals surface area contributed by atoms with Gasteiger partial charge in [0.05, 0.1) is 4.75 Å². The van der Waals surface area contributed by atoms with Crippen molar-refractivity contribution in [3.63, 3.8) is 0 Å². The first kappa shape index (κ1) is 15.9. The highest BCUT2D eigenvalue weighted by Gasteiger charge is 2.40. The summed E-state index contributed by atoms with van der Waals surface area (Å²) in [6, 6.07) is 3.03. The molecule has 0 spiro atoms. The monoisotopic (exact) mass is 310 g/mol. The number of carbonyl (C=O) groups excluding carboxylic acids is 1. The number of aryl methyl sites for hydroxylation is 1. The summed E-state index contributed by atoms with van der Waals surface area (Å²) >= 11 is 0. The highest BCUT2D eigenvalue weighted by molar-refractivity contribution is 7.86. The molecule has 0 saturated carbocycles. The van der Waals surface area contributed by atoms with E-state index in [2.05, 4.69) is 0 Å². The first-order valence-corrected chi connectivity index (χ1v) is 8.60. The molecule has 5 nitrogen and oxygen atoms in total. The molecule has 1 aliphatic rings. The van der Waals surface area contributed by atoms with Gasteiger partial charge in [0.25, 0.3) is 11.5 Å². The Morgan fingerprint density at radius 3 is 2.62 bits per heavy atom. The van der Waals surface area contributed by atoms with E-state index in [1.165, 1.54) is 10.6 Å². The van der Waals surface area contributed by atoms with Crippen LogP contribution in [0.15, 0.2) is 23.1 Å². The van der Waals surface area contributed by atoms with Crippen LogP contribution in [-0.4, -0.2) is 43.2 Å². The maximum Gasteiger partial charge on any atom is 0.254 e. The van der Waals surface area contributed by atoms with E-state index in [0.29, 0.717) is 24.4 Å². The van der Waals surface area contributed by atoms with Crippen LogP contribution in [0.3, 0.4) is 0 Å². The molecular formula is C15H22N2O3S. The zero-order valence-electron chi connectivity index (χ0n) is 12.8. The maximum absolute atomic E-state index is 12.6. The molecule has 2 heterocycles. The topological polar surface area (TPSA) is 59.4 Å². The van der Waals surface area contributed by atoms with Gasteiger partial charge in [-0.3, -0.25) is 13.8 Å². The van der Waals surface area contributed by atoms with E-state index in [4.69, 9.17) is 0 Å². The Labute approximate surface area is 127 Å². The van der Waals surface area contributed by atoms with E-state index in [1.807, 2.05) is 13.8 Å². The number of amides is 1. The van der Waals surface area contributed by atoms with Gasteiger partial charge in [0.1, 0.15) is 0 Å². The largest absolute Gasteiger partial charge is 0.336 e. The third kappa shape index (κ3) is 2.95. The van der Waals surface area contributed by atoms with Crippen molar-refractivity contribution in [2.75, 3.05) is 18.8 Å². The lowest BCUT2D eigenvalue weighted by molar-refractivity contribution is 0.0735. The number of hydrogen-bond donors (Lipinski definition) is 0. The van der Waals surface area contributed by atoms with Gasteiger partial charge in [-0.05, 0) is 18.9 Å². The molecule has 116 valence electrons. The zero-order valence-corrected chi connectivity index (χ0v) is 13.6. The Morgan fingerprint density at radius 1 is 1.38 bits per heavy atom. The number of aromatic nitrogens is 1. The molecule has 6 heteroatoms. The van der Waals surface area contributed by atoms with Crippen molar-refractivity contribution >= 4 is 16.7 Å². The second-order valence-electron chi connectivity index (χ2n) is 5.53. The number of pyridine rings is 1. The summed E-state index contributed by atoms with van der Waals surface area (Å²) in [6.45, 7) is 5.03. The van der Waals surface area contributed by atoms with Crippen molar-refractivity contribution in [1.29, 1.82) is 0 Å². The summed E-state index contributed by atoms with van der Waals surface area (Å²) in [7, 11) is 0.755. The molecule has 0 aliphatic carbocycles. The van der Waals surface area contributed by atoms with Crippen molar-refractivity contribution in [3.8, 4) is 0 Å². The predicted molar refractivity (Wildman–Crippen MR) is 83.9 cm³/mol. The summed E-state index contributed by atoms with van der Waals surface area (Å²) in [5.74, 6) is 0.369. The normalized spacial score (nSPS) is 21.3. The summed E-state index contributed by atoms with van der Waals surface area (Å²) in [5.41, 5.74) is 0.213. The molecule has 0 bridgehead atoms. The van der Waals surface area contributed by atoms with Gasteiger partial charge in [0, 0.05) is 54.5 Å². The highest BCUT2D eigenvalue weighted by atomic mass is 32.2. The molecule has 1 fully saturated rings. The van der Waals surface area contributed by atoms with Crippen LogP contribution >= 0.6 is 0 Å². The fraction of sp³-hybridized carbons (Fsp3) is 0.600. The van der Waals surface area contributed by atoms with Crippen LogP contribution < -0.4 is 5.56 Å². The third-order valence-corrected chi connectivity index (χ3v) is 6.66. The van der Waals surface area contributed by atoms with Gasteiger partial charge in [-0.2, -0.15) is 0 Å². The van der Waals surface area contributed by atoms with Gasteiger partial charge in [-0.15, -0.1) is 0 Å². The van der Waals surface area contributed by atoms with Crippen LogP contribution in [0.2, 0.25) is 0 Å². The van der Waals surface area contributed by atoms with Crippen LogP contribution in [-0.2, 0) is 17.8 Å². The second-order valence-corrected chi connectivity index (χ2v) is 7.50. The average molecular weight is 310 g/mol. The van der Waals surface area contributed by atoms with E-state index in [-0.39, 0.29) is 16.2 Å². The summed E-state index contributed by atoms with van der Waals surface area (Å²) in [5, 5.41) is 0. The predicted octanol–water partition coefficient (Wildman–Crippen LogP) is 1.15. The Morgan fingerprint density at radius 2 is 2.05 bits per heavy atom. The van der Waals surface area contributed by atoms with E-state index in [1.54, 1.807) is 24.2 Å². The molecule has 0 radical (unpaired) electrons. The Hall–Kier alpha value is -1.43. The fourth-order valence-corrected chi connectivity index (χ4v) is 4.50. The third-order valence-electron chi connectivity index (χ3n) is 4.44. The van der Waals surface area contributed by atoms with Crippen molar-refractivity contribution in [3.05, 3.63) is 34.2 Å². The van der Waals surface area contributed by atoms with Crippen molar-refractivity contribution in [1.82, 2.24) is 9.47 Å². The van der Waals surface area contributed by atoms with Crippen LogP contribution in [0.1, 0.15) is 37.0 Å². The number of nitrogens with zero attached hydrogens (tertiary/aromatic N) is 2. The number of rotatable bonds is 3. The molecule has 2 rings (SSSR count). The molecule has 21 heavy (non-hydrogen) atoms. The van der Waals surface area contributed by atoms with Crippen LogP contribution in [0.4, 0.5) is 0 Å². The minimum Gasteiger partial charge on any atom is -0.336 e. The van der Waals surface area contributed by atoms with Crippen molar-refractivity contribution < 1.29 is 9.00 Å². The Kier molecular flexibility index (Phi) is 4.66. The van der Waals surface area contributed by atoms with E-state index >= 15 is 0 Å². The fourth-order valence-electron chi connectivity index (χ4n) is 2.74. The van der Waals surface area contributed by atoms with Gasteiger partial charge in [0.2, 0.25) is 0 Å². The minimum atomic E-state index is -0.898. The maximum atomic E-state index is 12.6. The van der Waals surface area contributed by atoms with Crippen LogP contribution in [0.25, 0.3) is 0 Å². The molecule has 1 aromatic heterocycles. The smallest absolute Gasteiger partial charge is 0.254 e. The lowest BCUT2D eigenvalue weighted by Crippen LogP contribution is -2.54. The van der Waals surface area contributed by atoms with Gasteiger partial charge >= 0.3 is 0 Å². The van der Waals surface area contributed by atoms with Gasteiger partial charge < -0.3 is 9.47 Å². The van der Waals surface area contributed by atoms with Gasteiger partial charge in [-0.25, -0.2) is 0 Å². The lowest BCUT2D eigenvalue weighted by atomic mass is 10.0. The molecule has 1 aliphatic heterocycles. The lowest BCUT2D eigenvalue weighted by Gasteiger charge is -2.41. The number of carbonyl (C=O) groups is 1. The molecule has 1 atom stereocenters. The zero-order chi connectivity index (χ0) is 15.6. The first-order valence-electron chi connectivity index (χ1n) is 7.28. The first-order chi connectivity index (χ1) is 9.93. The summed E-state index contributed by atoms with van der Waals surface area (Å²) in [6.07, 6.45) is 3.18. The molecule has 1 amide bonds. The van der Waals surface area contributed by atoms with Gasteiger partial charge in [0.15, 0.2) is 0 Å². The molecule has 1 saturated heterocycles. The van der Waals surface area contributed by atoms with Crippen molar-refractivity contribution in [2.24, 2.45) is 7.05 Å². The van der Waals surface area contributed by atoms with Crippen molar-refractivity contribution in [2.45, 2.75) is 31.4 Å². The van der Waals surface area contributed by atoms with E-state index in [9.17, 15) is 13.8 Å². The molecular weight excluding hydrogens is 288 g/mol. The molecule has 1 unspecified atom stereocenters. The quantitative estimate of drug-likeness (QED) is 0.841. The second kappa shape index (κ2) is 6.13. The molecule has 0 N–H and O–H groups in total. The summed E-state index contributed by atoms with van der Waals surface area (Å²) < 4.78 is 13.4. The van der Waals surface area contributed by atoms with Crippen LogP contribution in [0.5, 0.6) is 0 Å². The Balaban J connectivity index is 2.25. The van der Waals surface area contributed by atoms with E-state index in [0.717, 1.165) is 12.8 Å². The molecule has 1 aromatic rings.